The highest BCUT2D eigenvalue weighted by molar-refractivity contribution is 6.30. The molecule has 8 heteroatoms. The predicted octanol–water partition coefficient (Wildman–Crippen LogP) is 2.23. The van der Waals surface area contributed by atoms with Gasteiger partial charge in [-0.15, -0.1) is 0 Å². The van der Waals surface area contributed by atoms with E-state index < -0.39 is 23.9 Å². The molecule has 2 atom stereocenters. The quantitative estimate of drug-likeness (QED) is 0.795. The summed E-state index contributed by atoms with van der Waals surface area (Å²) >= 11 is 5.71. The Balaban J connectivity index is 1.80. The number of hydrogen-bond acceptors (Lipinski definition) is 3. The fourth-order valence-electron chi connectivity index (χ4n) is 2.00. The fraction of sp³-hybridized carbons (Fsp3) is 0.385. The number of anilines is 1. The third kappa shape index (κ3) is 4.30. The molecule has 1 aromatic rings. The summed E-state index contributed by atoms with van der Waals surface area (Å²) in [4.78, 5) is 22.4. The van der Waals surface area contributed by atoms with Crippen LogP contribution >= 0.6 is 11.6 Å². The van der Waals surface area contributed by atoms with Crippen LogP contribution in [0.5, 0.6) is 0 Å². The molecule has 0 spiro atoms. The zero-order valence-corrected chi connectivity index (χ0v) is 11.7. The zero-order valence-electron chi connectivity index (χ0n) is 10.9. The van der Waals surface area contributed by atoms with Crippen LogP contribution in [0, 0.1) is 5.82 Å². The molecule has 1 fully saturated rings. The molecule has 2 amide bonds. The van der Waals surface area contributed by atoms with Crippen molar-refractivity contribution in [2.45, 2.75) is 25.0 Å². The fourth-order valence-corrected chi connectivity index (χ4v) is 2.18. The van der Waals surface area contributed by atoms with E-state index >= 15 is 0 Å². The molecule has 1 aliphatic rings. The van der Waals surface area contributed by atoms with Crippen LogP contribution in [-0.4, -0.2) is 35.9 Å². The van der Waals surface area contributed by atoms with Crippen molar-refractivity contribution in [2.24, 2.45) is 0 Å². The minimum Gasteiger partial charge on any atom is -0.479 e. The average molecular weight is 317 g/mol. The number of rotatable bonds is 4. The Labute approximate surface area is 125 Å². The second-order valence-electron chi connectivity index (χ2n) is 4.62. The monoisotopic (exact) mass is 316 g/mol. The lowest BCUT2D eigenvalue weighted by Gasteiger charge is -2.13. The third-order valence-corrected chi connectivity index (χ3v) is 3.28. The molecule has 1 saturated heterocycles. The summed E-state index contributed by atoms with van der Waals surface area (Å²) < 4.78 is 18.6. The number of hydrogen-bond donors (Lipinski definition) is 3. The molecule has 3 N–H and O–H groups in total. The summed E-state index contributed by atoms with van der Waals surface area (Å²) in [5, 5.41) is 13.9. The largest absolute Gasteiger partial charge is 0.479 e. The lowest BCUT2D eigenvalue weighted by Crippen LogP contribution is -2.36. The number of benzene rings is 1. The number of ether oxygens (including phenoxy) is 1. The molecule has 1 heterocycles. The van der Waals surface area contributed by atoms with Crippen LogP contribution in [-0.2, 0) is 9.53 Å². The van der Waals surface area contributed by atoms with Gasteiger partial charge in [0.15, 0.2) is 6.10 Å². The first kappa shape index (κ1) is 15.5. The number of urea groups is 1. The first-order chi connectivity index (χ1) is 9.95. The highest BCUT2D eigenvalue weighted by Crippen LogP contribution is 2.20. The molecule has 0 saturated carbocycles. The smallest absolute Gasteiger partial charge is 0.332 e. The molecule has 2 unspecified atom stereocenters. The molecule has 21 heavy (non-hydrogen) atoms. The highest BCUT2D eigenvalue weighted by atomic mass is 35.5. The van der Waals surface area contributed by atoms with Gasteiger partial charge in [-0.2, -0.15) is 0 Å². The third-order valence-electron chi connectivity index (χ3n) is 3.05. The highest BCUT2D eigenvalue weighted by Gasteiger charge is 2.30. The average Bonchev–Trinajstić information content (AvgIpc) is 2.90. The summed E-state index contributed by atoms with van der Waals surface area (Å²) in [5.41, 5.74) is -0.0317. The minimum absolute atomic E-state index is 0.0317. The van der Waals surface area contributed by atoms with Gasteiger partial charge in [-0.05, 0) is 31.0 Å². The van der Waals surface area contributed by atoms with Gasteiger partial charge in [0, 0.05) is 11.6 Å². The van der Waals surface area contributed by atoms with Crippen LogP contribution in [0.15, 0.2) is 18.2 Å². The van der Waals surface area contributed by atoms with Gasteiger partial charge >= 0.3 is 12.0 Å². The van der Waals surface area contributed by atoms with Gasteiger partial charge in [-0.25, -0.2) is 14.0 Å². The van der Waals surface area contributed by atoms with Crippen LogP contribution < -0.4 is 10.6 Å². The van der Waals surface area contributed by atoms with Gasteiger partial charge in [-0.1, -0.05) is 11.6 Å². The van der Waals surface area contributed by atoms with E-state index in [-0.39, 0.29) is 18.3 Å². The first-order valence-corrected chi connectivity index (χ1v) is 6.71. The van der Waals surface area contributed by atoms with Crippen molar-refractivity contribution in [3.05, 3.63) is 29.0 Å². The molecular weight excluding hydrogens is 303 g/mol. The Morgan fingerprint density at radius 2 is 2.19 bits per heavy atom. The molecule has 6 nitrogen and oxygen atoms in total. The van der Waals surface area contributed by atoms with Gasteiger partial charge in [0.2, 0.25) is 0 Å². The van der Waals surface area contributed by atoms with E-state index in [0.29, 0.717) is 17.9 Å². The van der Waals surface area contributed by atoms with E-state index in [1.54, 1.807) is 0 Å². The van der Waals surface area contributed by atoms with Gasteiger partial charge in [0.05, 0.1) is 11.8 Å². The molecule has 2 rings (SSSR count). The van der Waals surface area contributed by atoms with Crippen LogP contribution in [0.1, 0.15) is 12.8 Å². The summed E-state index contributed by atoms with van der Waals surface area (Å²) in [7, 11) is 0. The number of carbonyl (C=O) groups excluding carboxylic acids is 1. The Morgan fingerprint density at radius 1 is 1.43 bits per heavy atom. The van der Waals surface area contributed by atoms with Crippen molar-refractivity contribution in [1.82, 2.24) is 5.32 Å². The lowest BCUT2D eigenvalue weighted by molar-refractivity contribution is -0.149. The molecular formula is C13H14ClFN2O4. The maximum Gasteiger partial charge on any atom is 0.332 e. The molecule has 0 radical (unpaired) electrons. The number of halogens is 2. The Bertz CT molecular complexity index is 555. The van der Waals surface area contributed by atoms with E-state index in [1.165, 1.54) is 12.1 Å². The summed E-state index contributed by atoms with van der Waals surface area (Å²) in [5.74, 6) is -1.61. The maximum atomic E-state index is 13.4. The second kappa shape index (κ2) is 6.73. The van der Waals surface area contributed by atoms with Crippen LogP contribution in [0.4, 0.5) is 14.9 Å². The summed E-state index contributed by atoms with van der Waals surface area (Å²) in [6.45, 7) is 0.151. The van der Waals surface area contributed by atoms with Crippen molar-refractivity contribution in [2.75, 3.05) is 11.9 Å². The van der Waals surface area contributed by atoms with Gasteiger partial charge in [-0.3, -0.25) is 0 Å². The minimum atomic E-state index is -1.01. The number of carboxylic acid groups (broad SMARTS) is 1. The summed E-state index contributed by atoms with van der Waals surface area (Å²) in [6.07, 6.45) is -0.235. The molecule has 1 aliphatic heterocycles. The first-order valence-electron chi connectivity index (χ1n) is 6.34. The molecule has 0 bridgehead atoms. The van der Waals surface area contributed by atoms with Crippen LogP contribution in [0.25, 0.3) is 0 Å². The van der Waals surface area contributed by atoms with Gasteiger partial charge < -0.3 is 20.5 Å². The maximum absolute atomic E-state index is 13.4. The molecule has 0 aromatic heterocycles. The van der Waals surface area contributed by atoms with E-state index in [2.05, 4.69) is 10.6 Å². The Hall–Kier alpha value is -1.86. The Kier molecular flexibility index (Phi) is 4.98. The number of amides is 2. The lowest BCUT2D eigenvalue weighted by atomic mass is 10.2. The second-order valence-corrected chi connectivity index (χ2v) is 5.06. The van der Waals surface area contributed by atoms with Crippen LogP contribution in [0.2, 0.25) is 5.02 Å². The van der Waals surface area contributed by atoms with Crippen molar-refractivity contribution < 1.29 is 23.8 Å². The van der Waals surface area contributed by atoms with Gasteiger partial charge in [0.25, 0.3) is 0 Å². The van der Waals surface area contributed by atoms with Crippen LogP contribution in [0.3, 0.4) is 0 Å². The molecule has 114 valence electrons. The number of carbonyl (C=O) groups is 2. The topological polar surface area (TPSA) is 87.7 Å². The van der Waals surface area contributed by atoms with E-state index in [4.69, 9.17) is 21.4 Å². The van der Waals surface area contributed by atoms with Crippen molar-refractivity contribution >= 4 is 29.3 Å². The summed E-state index contributed by atoms with van der Waals surface area (Å²) in [6, 6.07) is 3.20. The van der Waals surface area contributed by atoms with Crippen molar-refractivity contribution in [3.8, 4) is 0 Å². The zero-order chi connectivity index (χ0) is 15.4. The number of aliphatic carboxylic acids is 1. The molecule has 0 aliphatic carbocycles. The van der Waals surface area contributed by atoms with Gasteiger partial charge in [0.1, 0.15) is 5.82 Å². The SMILES string of the molecule is O=C(NCC1CCC(C(=O)O)O1)Nc1cc(Cl)ccc1F. The van der Waals surface area contributed by atoms with Crippen molar-refractivity contribution in [1.29, 1.82) is 0 Å². The van der Waals surface area contributed by atoms with E-state index in [0.717, 1.165) is 6.07 Å². The normalized spacial score (nSPS) is 21.0. The predicted molar refractivity (Wildman–Crippen MR) is 74.0 cm³/mol. The van der Waals surface area contributed by atoms with E-state index in [1.807, 2.05) is 0 Å². The van der Waals surface area contributed by atoms with Crippen molar-refractivity contribution in [3.63, 3.8) is 0 Å². The molecule has 1 aromatic carbocycles. The van der Waals surface area contributed by atoms with E-state index in [9.17, 15) is 14.0 Å². The standard InChI is InChI=1S/C13H14ClFN2O4/c14-7-1-3-9(15)10(5-7)17-13(20)16-6-8-2-4-11(21-8)12(18)19/h1,3,5,8,11H,2,4,6H2,(H,18,19)(H2,16,17,20). The number of carboxylic acids is 1. The number of nitrogens with one attached hydrogen (secondary N) is 2. The Morgan fingerprint density at radius 3 is 2.86 bits per heavy atom.